The van der Waals surface area contributed by atoms with Crippen molar-refractivity contribution in [1.29, 1.82) is 0 Å². The van der Waals surface area contributed by atoms with Crippen LogP contribution < -0.4 is 4.74 Å². The highest BCUT2D eigenvalue weighted by molar-refractivity contribution is 5.99. The largest absolute Gasteiger partial charge is 0.497 e. The van der Waals surface area contributed by atoms with E-state index in [4.69, 9.17) is 4.74 Å². The molecule has 3 aromatic rings. The number of hydrogen-bond acceptors (Lipinski definition) is 4. The molecule has 1 aromatic carbocycles. The van der Waals surface area contributed by atoms with Crippen LogP contribution in [0.1, 0.15) is 27.7 Å². The standard InChI is InChI=1S/C18H16N4O2/c1-22-17(12-4-3-9-19-10-12)14-15(20-21-16(14)18(22)23)11-5-7-13(24-2)8-6-11/h3-10,17H,1-2H3,(H,20,21). The molecule has 0 fully saturated rings. The van der Waals surface area contributed by atoms with Crippen LogP contribution in [0.3, 0.4) is 0 Å². The van der Waals surface area contributed by atoms with Gasteiger partial charge in [-0.1, -0.05) is 6.07 Å². The monoisotopic (exact) mass is 320 g/mol. The summed E-state index contributed by atoms with van der Waals surface area (Å²) in [6.07, 6.45) is 3.51. The quantitative estimate of drug-likeness (QED) is 0.805. The van der Waals surface area contributed by atoms with Gasteiger partial charge in [0.1, 0.15) is 11.4 Å². The van der Waals surface area contributed by atoms with Gasteiger partial charge < -0.3 is 9.64 Å². The number of ether oxygens (including phenoxy) is 1. The van der Waals surface area contributed by atoms with Crippen molar-refractivity contribution in [2.45, 2.75) is 6.04 Å². The maximum atomic E-state index is 12.5. The molecule has 0 aliphatic carbocycles. The van der Waals surface area contributed by atoms with Gasteiger partial charge in [0, 0.05) is 30.6 Å². The molecule has 1 unspecified atom stereocenters. The number of fused-ring (bicyclic) bond motifs is 1. The van der Waals surface area contributed by atoms with Crippen LogP contribution in [0.2, 0.25) is 0 Å². The molecule has 0 radical (unpaired) electrons. The van der Waals surface area contributed by atoms with E-state index in [0.29, 0.717) is 5.69 Å². The summed E-state index contributed by atoms with van der Waals surface area (Å²) in [4.78, 5) is 18.4. The number of pyridine rings is 1. The molecule has 0 saturated carbocycles. The molecule has 1 aliphatic heterocycles. The highest BCUT2D eigenvalue weighted by Gasteiger charge is 2.40. The molecular weight excluding hydrogens is 304 g/mol. The molecule has 1 amide bonds. The van der Waals surface area contributed by atoms with Crippen LogP contribution in [0.25, 0.3) is 11.3 Å². The third kappa shape index (κ3) is 2.07. The minimum absolute atomic E-state index is 0.0638. The average Bonchev–Trinajstić information content (AvgIpc) is 3.16. The first-order valence-corrected chi connectivity index (χ1v) is 7.60. The van der Waals surface area contributed by atoms with Crippen molar-refractivity contribution in [3.05, 3.63) is 65.6 Å². The van der Waals surface area contributed by atoms with Gasteiger partial charge in [-0.25, -0.2) is 0 Å². The lowest BCUT2D eigenvalue weighted by Crippen LogP contribution is -2.24. The number of H-pyrrole nitrogens is 1. The van der Waals surface area contributed by atoms with Crippen LogP contribution in [0.5, 0.6) is 5.75 Å². The third-order valence-electron chi connectivity index (χ3n) is 4.36. The van der Waals surface area contributed by atoms with Gasteiger partial charge in [0.05, 0.1) is 18.8 Å². The lowest BCUT2D eigenvalue weighted by Gasteiger charge is -2.21. The second kappa shape index (κ2) is 5.49. The van der Waals surface area contributed by atoms with Crippen molar-refractivity contribution in [3.8, 4) is 17.0 Å². The van der Waals surface area contributed by atoms with Gasteiger partial charge >= 0.3 is 0 Å². The van der Waals surface area contributed by atoms with Gasteiger partial charge in [-0.15, -0.1) is 0 Å². The number of benzene rings is 1. The van der Waals surface area contributed by atoms with Gasteiger partial charge in [-0.2, -0.15) is 5.10 Å². The number of nitrogens with zero attached hydrogens (tertiary/aromatic N) is 3. The zero-order valence-electron chi connectivity index (χ0n) is 13.4. The maximum Gasteiger partial charge on any atom is 0.272 e. The summed E-state index contributed by atoms with van der Waals surface area (Å²) in [5, 5.41) is 7.29. The molecule has 2 aromatic heterocycles. The minimum atomic E-state index is -0.197. The average molecular weight is 320 g/mol. The van der Waals surface area contributed by atoms with Crippen LogP contribution in [-0.2, 0) is 0 Å². The van der Waals surface area contributed by atoms with Crippen molar-refractivity contribution < 1.29 is 9.53 Å². The van der Waals surface area contributed by atoms with Crippen molar-refractivity contribution in [2.75, 3.05) is 14.2 Å². The molecule has 4 rings (SSSR count). The predicted octanol–water partition coefficient (Wildman–Crippen LogP) is 2.66. The second-order valence-electron chi connectivity index (χ2n) is 5.69. The normalized spacial score (nSPS) is 16.3. The fourth-order valence-electron chi connectivity index (χ4n) is 3.16. The Kier molecular flexibility index (Phi) is 3.30. The van der Waals surface area contributed by atoms with E-state index in [1.54, 1.807) is 31.5 Å². The van der Waals surface area contributed by atoms with Crippen molar-refractivity contribution in [3.63, 3.8) is 0 Å². The summed E-state index contributed by atoms with van der Waals surface area (Å²) >= 11 is 0. The van der Waals surface area contributed by atoms with Gasteiger partial charge in [0.2, 0.25) is 0 Å². The summed E-state index contributed by atoms with van der Waals surface area (Å²) in [6, 6.07) is 11.3. The maximum absolute atomic E-state index is 12.5. The Morgan fingerprint density at radius 2 is 2.00 bits per heavy atom. The molecule has 0 saturated heterocycles. The Morgan fingerprint density at radius 3 is 2.67 bits per heavy atom. The van der Waals surface area contributed by atoms with Gasteiger partial charge in [0.25, 0.3) is 5.91 Å². The van der Waals surface area contributed by atoms with Gasteiger partial charge in [-0.3, -0.25) is 14.9 Å². The summed E-state index contributed by atoms with van der Waals surface area (Å²) in [5.74, 6) is 0.717. The summed E-state index contributed by atoms with van der Waals surface area (Å²) < 4.78 is 5.20. The smallest absolute Gasteiger partial charge is 0.272 e. The molecule has 24 heavy (non-hydrogen) atoms. The minimum Gasteiger partial charge on any atom is -0.497 e. The number of carbonyl (C=O) groups excluding carboxylic acids is 1. The van der Waals surface area contributed by atoms with Crippen molar-refractivity contribution >= 4 is 5.91 Å². The van der Waals surface area contributed by atoms with Crippen LogP contribution in [0, 0.1) is 0 Å². The zero-order valence-corrected chi connectivity index (χ0v) is 13.4. The number of rotatable bonds is 3. The first kappa shape index (κ1) is 14.4. The number of aromatic amines is 1. The lowest BCUT2D eigenvalue weighted by molar-refractivity contribution is 0.0787. The highest BCUT2D eigenvalue weighted by Crippen LogP contribution is 2.41. The van der Waals surface area contributed by atoms with Crippen LogP contribution in [0.4, 0.5) is 0 Å². The molecule has 1 atom stereocenters. The van der Waals surface area contributed by atoms with Gasteiger partial charge in [-0.05, 0) is 35.9 Å². The number of hydrogen-bond donors (Lipinski definition) is 1. The second-order valence-corrected chi connectivity index (χ2v) is 5.69. The SMILES string of the molecule is COc1ccc(-c2n[nH]c3c2C(c2cccnc2)N(C)C3=O)cc1. The van der Waals surface area contributed by atoms with E-state index < -0.39 is 0 Å². The molecule has 6 nitrogen and oxygen atoms in total. The molecule has 3 heterocycles. The number of methoxy groups -OCH3 is 1. The van der Waals surface area contributed by atoms with E-state index in [1.807, 2.05) is 36.4 Å². The number of nitrogens with one attached hydrogen (secondary N) is 1. The van der Waals surface area contributed by atoms with E-state index in [0.717, 1.165) is 28.1 Å². The number of carbonyl (C=O) groups is 1. The van der Waals surface area contributed by atoms with Gasteiger partial charge in [0.15, 0.2) is 0 Å². The van der Waals surface area contributed by atoms with Crippen LogP contribution in [-0.4, -0.2) is 40.1 Å². The molecule has 0 bridgehead atoms. The Bertz CT molecular complexity index is 887. The molecule has 0 spiro atoms. The lowest BCUT2D eigenvalue weighted by atomic mass is 9.97. The van der Waals surface area contributed by atoms with E-state index >= 15 is 0 Å². The Morgan fingerprint density at radius 1 is 1.21 bits per heavy atom. The molecule has 1 N–H and O–H groups in total. The summed E-state index contributed by atoms with van der Waals surface area (Å²) in [6.45, 7) is 0. The summed E-state index contributed by atoms with van der Waals surface area (Å²) in [7, 11) is 3.43. The first-order chi connectivity index (χ1) is 11.7. The van der Waals surface area contributed by atoms with Crippen molar-refractivity contribution in [2.24, 2.45) is 0 Å². The Labute approximate surface area is 139 Å². The van der Waals surface area contributed by atoms with E-state index in [2.05, 4.69) is 15.2 Å². The van der Waals surface area contributed by atoms with Crippen LogP contribution in [0.15, 0.2) is 48.8 Å². The molecule has 6 heteroatoms. The molecule has 1 aliphatic rings. The van der Waals surface area contributed by atoms with E-state index in [1.165, 1.54) is 0 Å². The fraction of sp³-hybridized carbons (Fsp3) is 0.167. The first-order valence-electron chi connectivity index (χ1n) is 7.60. The highest BCUT2D eigenvalue weighted by atomic mass is 16.5. The fourth-order valence-corrected chi connectivity index (χ4v) is 3.16. The Hall–Kier alpha value is -3.15. The summed E-state index contributed by atoms with van der Waals surface area (Å²) in [5.41, 5.74) is 4.10. The number of amides is 1. The van der Waals surface area contributed by atoms with Crippen molar-refractivity contribution in [1.82, 2.24) is 20.1 Å². The molecular formula is C18H16N4O2. The Balaban J connectivity index is 1.86. The van der Waals surface area contributed by atoms with E-state index in [-0.39, 0.29) is 11.9 Å². The van der Waals surface area contributed by atoms with E-state index in [9.17, 15) is 4.79 Å². The molecule has 120 valence electrons. The predicted molar refractivity (Wildman–Crippen MR) is 88.7 cm³/mol. The number of aromatic nitrogens is 3. The zero-order chi connectivity index (χ0) is 16.7. The third-order valence-corrected chi connectivity index (χ3v) is 4.36. The van der Waals surface area contributed by atoms with Crippen LogP contribution >= 0.6 is 0 Å². The topological polar surface area (TPSA) is 71.1 Å².